The van der Waals surface area contributed by atoms with Gasteiger partial charge in [0.05, 0.1) is 0 Å². The number of fused-ring (bicyclic) bond motifs is 1. The average Bonchev–Trinajstić information content (AvgIpc) is 2.34. The normalized spacial score (nSPS) is 16.9. The molecule has 3 heteroatoms. The number of rotatable bonds is 0. The fourth-order valence-electron chi connectivity index (χ4n) is 1.10. The van der Waals surface area contributed by atoms with E-state index in [1.54, 1.807) is 10.4 Å². The number of thioether (sulfide) groups is 1. The van der Waals surface area contributed by atoms with Crippen LogP contribution in [-0.4, -0.2) is 5.75 Å². The van der Waals surface area contributed by atoms with Crippen molar-refractivity contribution in [3.8, 4) is 0 Å². The highest BCUT2D eigenvalue weighted by atomic mass is 79.9. The molecule has 0 fully saturated rings. The highest BCUT2D eigenvalue weighted by Crippen LogP contribution is 2.34. The Balaban J connectivity index is 2.45. The first-order valence-corrected chi connectivity index (χ1v) is 6.03. The molecule has 0 saturated carbocycles. The fourth-order valence-corrected chi connectivity index (χ4v) is 4.25. The summed E-state index contributed by atoms with van der Waals surface area (Å²) in [6, 6.07) is 0. The van der Waals surface area contributed by atoms with Crippen LogP contribution >= 0.6 is 39.0 Å². The third-order valence-electron chi connectivity index (χ3n) is 1.65. The summed E-state index contributed by atoms with van der Waals surface area (Å²) in [5.74, 6) is 2.51. The molecule has 0 aliphatic carbocycles. The summed E-state index contributed by atoms with van der Waals surface area (Å²) >= 11 is 7.47. The molecule has 2 heterocycles. The van der Waals surface area contributed by atoms with Crippen LogP contribution in [-0.2, 0) is 12.2 Å². The molecule has 1 aliphatic heterocycles. The molecule has 0 atom stereocenters. The number of aryl methyl sites for hydroxylation is 1. The first-order chi connectivity index (χ1) is 4.88. The quantitative estimate of drug-likeness (QED) is 0.664. The largest absolute Gasteiger partial charge is 0.157 e. The van der Waals surface area contributed by atoms with Crippen molar-refractivity contribution in [3.05, 3.63) is 20.3 Å². The Morgan fingerprint density at radius 1 is 1.50 bits per heavy atom. The zero-order chi connectivity index (χ0) is 6.97. The predicted molar refractivity (Wildman–Crippen MR) is 51.9 cm³/mol. The highest BCUT2D eigenvalue weighted by Gasteiger charge is 2.13. The monoisotopic (exact) mass is 234 g/mol. The fraction of sp³-hybridized carbons (Fsp3) is 0.429. The van der Waals surface area contributed by atoms with Crippen LogP contribution in [0.25, 0.3) is 0 Å². The highest BCUT2D eigenvalue weighted by molar-refractivity contribution is 9.10. The Kier molecular flexibility index (Phi) is 2.07. The van der Waals surface area contributed by atoms with Gasteiger partial charge in [-0.15, -0.1) is 11.3 Å². The van der Waals surface area contributed by atoms with Crippen molar-refractivity contribution in [2.45, 2.75) is 12.2 Å². The van der Waals surface area contributed by atoms with Gasteiger partial charge in [0.2, 0.25) is 0 Å². The van der Waals surface area contributed by atoms with E-state index in [4.69, 9.17) is 0 Å². The van der Waals surface area contributed by atoms with Gasteiger partial charge in [-0.05, 0) is 33.7 Å². The van der Waals surface area contributed by atoms with Crippen molar-refractivity contribution in [3.63, 3.8) is 0 Å². The Bertz CT molecular complexity index is 242. The van der Waals surface area contributed by atoms with Gasteiger partial charge in [-0.25, -0.2) is 0 Å². The smallest absolute Gasteiger partial charge is 0.0325 e. The van der Waals surface area contributed by atoms with Crippen molar-refractivity contribution in [1.82, 2.24) is 0 Å². The molecule has 0 spiro atoms. The third-order valence-corrected chi connectivity index (χ3v) is 4.73. The van der Waals surface area contributed by atoms with Crippen LogP contribution in [0.2, 0.25) is 0 Å². The Labute approximate surface area is 77.2 Å². The molecule has 2 rings (SSSR count). The van der Waals surface area contributed by atoms with Gasteiger partial charge in [-0.1, -0.05) is 0 Å². The summed E-state index contributed by atoms with van der Waals surface area (Å²) in [5, 5.41) is 2.20. The maximum Gasteiger partial charge on any atom is 0.0325 e. The van der Waals surface area contributed by atoms with Gasteiger partial charge < -0.3 is 0 Å². The molecule has 0 saturated heterocycles. The van der Waals surface area contributed by atoms with Gasteiger partial charge in [-0.3, -0.25) is 0 Å². The molecule has 10 heavy (non-hydrogen) atoms. The maximum absolute atomic E-state index is 3.55. The van der Waals surface area contributed by atoms with Crippen LogP contribution in [0.3, 0.4) is 0 Å². The lowest BCUT2D eigenvalue weighted by molar-refractivity contribution is 1.13. The van der Waals surface area contributed by atoms with Gasteiger partial charge in [0, 0.05) is 20.5 Å². The lowest BCUT2D eigenvalue weighted by Gasteiger charge is -2.09. The third kappa shape index (κ3) is 1.15. The van der Waals surface area contributed by atoms with Crippen molar-refractivity contribution in [1.29, 1.82) is 0 Å². The van der Waals surface area contributed by atoms with E-state index in [1.807, 2.05) is 23.1 Å². The minimum atomic E-state index is 1.21. The second-order valence-electron chi connectivity index (χ2n) is 2.29. The second-order valence-corrected chi connectivity index (χ2v) is 5.21. The zero-order valence-electron chi connectivity index (χ0n) is 5.39. The standard InChI is InChI=1S/C7H7BrS2/c8-6-4-10-7-1-2-9-3-5(6)7/h4H,1-3H2. The summed E-state index contributed by atoms with van der Waals surface area (Å²) in [7, 11) is 0. The summed E-state index contributed by atoms with van der Waals surface area (Å²) in [6.07, 6.45) is 1.27. The van der Waals surface area contributed by atoms with E-state index >= 15 is 0 Å². The maximum atomic E-state index is 3.55. The predicted octanol–water partition coefficient (Wildman–Crippen LogP) is 3.30. The summed E-state index contributed by atoms with van der Waals surface area (Å²) in [4.78, 5) is 1.59. The Hall–Kier alpha value is 0.530. The van der Waals surface area contributed by atoms with Crippen LogP contribution < -0.4 is 0 Å². The van der Waals surface area contributed by atoms with Crippen LogP contribution in [0.5, 0.6) is 0 Å². The molecular formula is C7H7BrS2. The van der Waals surface area contributed by atoms with Crippen LogP contribution in [0.15, 0.2) is 9.85 Å². The zero-order valence-corrected chi connectivity index (χ0v) is 8.61. The van der Waals surface area contributed by atoms with Crippen molar-refractivity contribution >= 4 is 39.0 Å². The minimum absolute atomic E-state index is 1.21. The van der Waals surface area contributed by atoms with E-state index in [0.717, 1.165) is 0 Å². The molecule has 0 N–H and O–H groups in total. The average molecular weight is 235 g/mol. The molecule has 1 aliphatic rings. The molecule has 0 bridgehead atoms. The topological polar surface area (TPSA) is 0 Å². The van der Waals surface area contributed by atoms with E-state index in [0.29, 0.717) is 0 Å². The van der Waals surface area contributed by atoms with Crippen LogP contribution in [0.4, 0.5) is 0 Å². The summed E-state index contributed by atoms with van der Waals surface area (Å²) in [6.45, 7) is 0. The van der Waals surface area contributed by atoms with Gasteiger partial charge in [0.15, 0.2) is 0 Å². The van der Waals surface area contributed by atoms with E-state index in [1.165, 1.54) is 22.4 Å². The van der Waals surface area contributed by atoms with E-state index in [2.05, 4.69) is 21.3 Å². The lowest BCUT2D eigenvalue weighted by Crippen LogP contribution is -1.97. The summed E-state index contributed by atoms with van der Waals surface area (Å²) in [5.41, 5.74) is 1.54. The van der Waals surface area contributed by atoms with Crippen molar-refractivity contribution in [2.75, 3.05) is 5.75 Å². The lowest BCUT2D eigenvalue weighted by atomic mass is 10.2. The van der Waals surface area contributed by atoms with Crippen molar-refractivity contribution < 1.29 is 0 Å². The SMILES string of the molecule is Brc1csc2c1CSCC2. The van der Waals surface area contributed by atoms with Gasteiger partial charge in [-0.2, -0.15) is 11.8 Å². The molecule has 0 aromatic carbocycles. The van der Waals surface area contributed by atoms with Gasteiger partial charge >= 0.3 is 0 Å². The Morgan fingerprint density at radius 2 is 2.40 bits per heavy atom. The minimum Gasteiger partial charge on any atom is -0.157 e. The van der Waals surface area contributed by atoms with Crippen LogP contribution in [0, 0.1) is 0 Å². The number of hydrogen-bond donors (Lipinski definition) is 0. The van der Waals surface area contributed by atoms with Gasteiger partial charge in [0.25, 0.3) is 0 Å². The van der Waals surface area contributed by atoms with Crippen LogP contribution in [0.1, 0.15) is 10.4 Å². The number of thiophene rings is 1. The molecular weight excluding hydrogens is 228 g/mol. The van der Waals surface area contributed by atoms with E-state index < -0.39 is 0 Å². The van der Waals surface area contributed by atoms with E-state index in [9.17, 15) is 0 Å². The van der Waals surface area contributed by atoms with Gasteiger partial charge in [0.1, 0.15) is 0 Å². The number of hydrogen-bond acceptors (Lipinski definition) is 2. The molecule has 1 aromatic heterocycles. The molecule has 0 unspecified atom stereocenters. The first-order valence-electron chi connectivity index (χ1n) is 3.20. The second kappa shape index (κ2) is 2.88. The molecule has 0 nitrogen and oxygen atoms in total. The number of halogens is 1. The Morgan fingerprint density at radius 3 is 3.20 bits per heavy atom. The summed E-state index contributed by atoms with van der Waals surface area (Å²) < 4.78 is 1.32. The van der Waals surface area contributed by atoms with E-state index in [-0.39, 0.29) is 0 Å². The molecule has 54 valence electrons. The van der Waals surface area contributed by atoms with Crippen molar-refractivity contribution in [2.24, 2.45) is 0 Å². The molecule has 0 radical (unpaired) electrons. The molecule has 0 amide bonds. The first kappa shape index (κ1) is 7.19. The molecule has 1 aromatic rings.